The van der Waals surface area contributed by atoms with E-state index in [-0.39, 0.29) is 30.0 Å². The van der Waals surface area contributed by atoms with E-state index in [0.717, 1.165) is 0 Å². The Labute approximate surface area is 81.8 Å². The van der Waals surface area contributed by atoms with E-state index in [1.807, 2.05) is 4.98 Å². The standard InChI is InChI=1S/C5H4N4O3.Li.H/c10-3-1-2(7-4(11)6-1)8-5(12)9-3;;/h(H4,6,7,8,9,10,11,12);;. The average molecular weight is 176 g/mol. The molecule has 0 bridgehead atoms. The van der Waals surface area contributed by atoms with Gasteiger partial charge in [-0.05, 0) is 0 Å². The molecule has 0 aliphatic rings. The van der Waals surface area contributed by atoms with Gasteiger partial charge in [-0.3, -0.25) is 24.7 Å². The number of aromatic nitrogens is 4. The predicted molar refractivity (Wildman–Crippen MR) is 47.3 cm³/mol. The summed E-state index contributed by atoms with van der Waals surface area (Å²) < 4.78 is 0. The molecule has 0 atom stereocenters. The van der Waals surface area contributed by atoms with Crippen molar-refractivity contribution >= 4 is 30.0 Å². The molecule has 0 amide bonds. The topological polar surface area (TPSA) is 114 Å². The zero-order valence-corrected chi connectivity index (χ0v) is 5.72. The first kappa shape index (κ1) is 9.63. The molecule has 0 saturated heterocycles. The molecule has 0 fully saturated rings. The Morgan fingerprint density at radius 2 is 1.31 bits per heavy atom. The molecule has 13 heavy (non-hydrogen) atoms. The van der Waals surface area contributed by atoms with E-state index in [0.29, 0.717) is 0 Å². The van der Waals surface area contributed by atoms with Gasteiger partial charge in [0, 0.05) is 0 Å². The Morgan fingerprint density at radius 1 is 0.769 bits per heavy atom. The van der Waals surface area contributed by atoms with Gasteiger partial charge in [0.1, 0.15) is 11.2 Å². The summed E-state index contributed by atoms with van der Waals surface area (Å²) in [4.78, 5) is 41.0. The second-order valence-electron chi connectivity index (χ2n) is 2.24. The predicted octanol–water partition coefficient (Wildman–Crippen LogP) is -2.42. The zero-order valence-electron chi connectivity index (χ0n) is 5.72. The third-order valence-electron chi connectivity index (χ3n) is 1.42. The Hall–Kier alpha value is -1.45. The number of hydrogen-bond donors (Lipinski definition) is 4. The molecule has 8 heteroatoms. The fourth-order valence-corrected chi connectivity index (χ4v) is 0.958. The van der Waals surface area contributed by atoms with Crippen molar-refractivity contribution in [1.82, 2.24) is 19.9 Å². The minimum absolute atomic E-state index is 0. The van der Waals surface area contributed by atoms with Crippen molar-refractivity contribution in [3.8, 4) is 0 Å². The van der Waals surface area contributed by atoms with Crippen molar-refractivity contribution in [3.63, 3.8) is 0 Å². The van der Waals surface area contributed by atoms with Crippen LogP contribution in [0.5, 0.6) is 0 Å². The molecule has 0 aliphatic heterocycles. The Bertz CT molecular complexity index is 588. The van der Waals surface area contributed by atoms with Crippen LogP contribution in [0.15, 0.2) is 14.4 Å². The Balaban J connectivity index is 0.000000845. The first-order valence-electron chi connectivity index (χ1n) is 3.11. The molecule has 0 aliphatic carbocycles. The van der Waals surface area contributed by atoms with Crippen molar-refractivity contribution in [3.05, 3.63) is 31.3 Å². The summed E-state index contributed by atoms with van der Waals surface area (Å²) in [5.74, 6) is 0. The van der Waals surface area contributed by atoms with E-state index < -0.39 is 16.9 Å². The van der Waals surface area contributed by atoms with Gasteiger partial charge in [0.15, 0.2) is 0 Å². The number of fused-ring (bicyclic) bond motifs is 1. The molecule has 4 N–H and O–H groups in total. The molecular weight excluding hydrogens is 171 g/mol. The third-order valence-corrected chi connectivity index (χ3v) is 1.42. The van der Waals surface area contributed by atoms with Crippen molar-refractivity contribution in [2.75, 3.05) is 0 Å². The van der Waals surface area contributed by atoms with Crippen LogP contribution in [0.2, 0.25) is 0 Å². The van der Waals surface area contributed by atoms with Crippen molar-refractivity contribution < 1.29 is 0 Å². The van der Waals surface area contributed by atoms with Crippen molar-refractivity contribution in [1.29, 1.82) is 0 Å². The molecule has 7 nitrogen and oxygen atoms in total. The van der Waals surface area contributed by atoms with Crippen molar-refractivity contribution in [2.24, 2.45) is 0 Å². The van der Waals surface area contributed by atoms with E-state index in [1.54, 1.807) is 0 Å². The van der Waals surface area contributed by atoms with E-state index in [4.69, 9.17) is 0 Å². The summed E-state index contributed by atoms with van der Waals surface area (Å²) in [5, 5.41) is 0. The number of nitrogens with one attached hydrogen (secondary N) is 4. The van der Waals surface area contributed by atoms with Crippen molar-refractivity contribution in [2.45, 2.75) is 0 Å². The van der Waals surface area contributed by atoms with E-state index in [1.165, 1.54) is 0 Å². The molecule has 0 unspecified atom stereocenters. The third kappa shape index (κ3) is 1.52. The normalized spacial score (nSPS) is 9.85. The minimum atomic E-state index is -0.650. The van der Waals surface area contributed by atoms with Gasteiger partial charge in [0.05, 0.1) is 0 Å². The number of rotatable bonds is 0. The van der Waals surface area contributed by atoms with E-state index in [2.05, 4.69) is 15.0 Å². The number of H-pyrrole nitrogens is 4. The first-order chi connectivity index (χ1) is 5.66. The Kier molecular flexibility index (Phi) is 2.31. The van der Waals surface area contributed by atoms with Crippen LogP contribution in [0, 0.1) is 0 Å². The molecule has 0 radical (unpaired) electrons. The second-order valence-corrected chi connectivity index (χ2v) is 2.24. The summed E-state index contributed by atoms with van der Waals surface area (Å²) in [5.41, 5.74) is -1.65. The molecule has 0 saturated carbocycles. The molecule has 0 aromatic carbocycles. The fourth-order valence-electron chi connectivity index (χ4n) is 0.958. The van der Waals surface area contributed by atoms with Crippen LogP contribution >= 0.6 is 0 Å². The monoisotopic (exact) mass is 176 g/mol. The van der Waals surface area contributed by atoms with Gasteiger partial charge in [0.25, 0.3) is 5.56 Å². The SMILES string of the molecule is O=c1[nH]c(=O)c2[nH]c(=O)[nH]c2[nH]1.[LiH]. The fraction of sp³-hybridized carbons (Fsp3) is 0. The summed E-state index contributed by atoms with van der Waals surface area (Å²) >= 11 is 0. The van der Waals surface area contributed by atoms with Gasteiger partial charge in [0.2, 0.25) is 0 Å². The second kappa shape index (κ2) is 3.12. The Morgan fingerprint density at radius 3 is 1.92 bits per heavy atom. The molecule has 0 spiro atoms. The van der Waals surface area contributed by atoms with E-state index in [9.17, 15) is 14.4 Å². The van der Waals surface area contributed by atoms with Gasteiger partial charge in [-0.2, -0.15) is 0 Å². The van der Waals surface area contributed by atoms with Crippen LogP contribution in [-0.4, -0.2) is 38.8 Å². The first-order valence-corrected chi connectivity index (χ1v) is 3.11. The van der Waals surface area contributed by atoms with E-state index >= 15 is 0 Å². The number of aromatic amines is 4. The molecular formula is C5H5LiN4O3. The summed E-state index contributed by atoms with van der Waals surface area (Å²) in [6.45, 7) is 0. The molecule has 2 rings (SSSR count). The maximum absolute atomic E-state index is 10.9. The van der Waals surface area contributed by atoms with Gasteiger partial charge < -0.3 is 0 Å². The number of hydrogen-bond acceptors (Lipinski definition) is 3. The summed E-state index contributed by atoms with van der Waals surface area (Å²) in [6, 6.07) is 0. The van der Waals surface area contributed by atoms with Crippen LogP contribution in [-0.2, 0) is 0 Å². The summed E-state index contributed by atoms with van der Waals surface area (Å²) in [7, 11) is 0. The molecule has 2 aromatic rings. The van der Waals surface area contributed by atoms with Gasteiger partial charge in [-0.25, -0.2) is 9.59 Å². The van der Waals surface area contributed by atoms with Crippen LogP contribution < -0.4 is 16.9 Å². The summed E-state index contributed by atoms with van der Waals surface area (Å²) in [6.07, 6.45) is 0. The molecule has 2 aromatic heterocycles. The zero-order chi connectivity index (χ0) is 8.72. The molecule has 64 valence electrons. The van der Waals surface area contributed by atoms with Crippen LogP contribution in [0.3, 0.4) is 0 Å². The molecule has 2 heterocycles. The van der Waals surface area contributed by atoms with Gasteiger partial charge in [-0.15, -0.1) is 0 Å². The van der Waals surface area contributed by atoms with Crippen LogP contribution in [0.25, 0.3) is 11.2 Å². The number of imidazole rings is 1. The maximum atomic E-state index is 10.9. The van der Waals surface area contributed by atoms with Gasteiger partial charge >= 0.3 is 30.2 Å². The average Bonchev–Trinajstić information content (AvgIpc) is 2.29. The van der Waals surface area contributed by atoms with Crippen LogP contribution in [0.1, 0.15) is 0 Å². The van der Waals surface area contributed by atoms with Crippen LogP contribution in [0.4, 0.5) is 0 Å². The quantitative estimate of drug-likeness (QED) is 0.335. The van der Waals surface area contributed by atoms with Gasteiger partial charge in [-0.1, -0.05) is 0 Å².